The molecule has 1 rings (SSSR count). The van der Waals surface area contributed by atoms with Crippen LogP contribution in [0.15, 0.2) is 30.3 Å². The van der Waals surface area contributed by atoms with Gasteiger partial charge < -0.3 is 9.64 Å². The van der Waals surface area contributed by atoms with E-state index < -0.39 is 0 Å². The van der Waals surface area contributed by atoms with Gasteiger partial charge >= 0.3 is 6.09 Å². The molecule has 3 nitrogen and oxygen atoms in total. The van der Waals surface area contributed by atoms with Gasteiger partial charge in [-0.05, 0) is 11.3 Å². The minimum absolute atomic E-state index is 0.273. The molecule has 0 radical (unpaired) electrons. The molecule has 0 spiro atoms. The minimum atomic E-state index is -0.273. The molecule has 1 aromatic rings. The van der Waals surface area contributed by atoms with Crippen molar-refractivity contribution in [2.24, 2.45) is 0 Å². The molecule has 0 heterocycles. The van der Waals surface area contributed by atoms with Crippen molar-refractivity contribution in [2.75, 3.05) is 18.7 Å². The fourth-order valence-electron chi connectivity index (χ4n) is 1.11. The van der Waals surface area contributed by atoms with E-state index in [-0.39, 0.29) is 6.09 Å². The molecule has 0 bridgehead atoms. The van der Waals surface area contributed by atoms with Crippen LogP contribution in [0.2, 0.25) is 0 Å². The maximum absolute atomic E-state index is 11.5. The van der Waals surface area contributed by atoms with Crippen LogP contribution in [0.1, 0.15) is 12.5 Å². The van der Waals surface area contributed by atoms with Crippen molar-refractivity contribution in [2.45, 2.75) is 13.5 Å². The Hall–Kier alpha value is -1.16. The highest BCUT2D eigenvalue weighted by molar-refractivity contribution is 7.99. The molecule has 0 saturated carbocycles. The predicted molar refractivity (Wildman–Crippen MR) is 67.4 cm³/mol. The van der Waals surface area contributed by atoms with E-state index in [4.69, 9.17) is 4.74 Å². The molecule has 0 aliphatic rings. The van der Waals surface area contributed by atoms with Crippen LogP contribution < -0.4 is 0 Å². The summed E-state index contributed by atoms with van der Waals surface area (Å²) in [6, 6.07) is 9.68. The molecule has 0 aliphatic heterocycles. The van der Waals surface area contributed by atoms with E-state index in [0.29, 0.717) is 12.5 Å². The van der Waals surface area contributed by atoms with Crippen LogP contribution in [0, 0.1) is 0 Å². The topological polar surface area (TPSA) is 29.5 Å². The highest BCUT2D eigenvalue weighted by atomic mass is 32.2. The van der Waals surface area contributed by atoms with Crippen molar-refractivity contribution in [3.05, 3.63) is 35.9 Å². The van der Waals surface area contributed by atoms with E-state index in [0.717, 1.165) is 11.3 Å². The Morgan fingerprint density at radius 2 is 2.06 bits per heavy atom. The SMILES string of the molecule is CCSCN(C)C(=O)OCc1ccccc1. The molecule has 1 amide bonds. The summed E-state index contributed by atoms with van der Waals surface area (Å²) in [7, 11) is 1.75. The van der Waals surface area contributed by atoms with E-state index in [2.05, 4.69) is 6.92 Å². The Balaban J connectivity index is 2.29. The van der Waals surface area contributed by atoms with Crippen LogP contribution in [0.5, 0.6) is 0 Å². The number of carbonyl (C=O) groups excluding carboxylic acids is 1. The van der Waals surface area contributed by atoms with E-state index in [1.165, 1.54) is 0 Å². The number of benzene rings is 1. The first-order valence-corrected chi connectivity index (χ1v) is 6.39. The van der Waals surface area contributed by atoms with Gasteiger partial charge in [0, 0.05) is 7.05 Å². The number of nitrogens with zero attached hydrogens (tertiary/aromatic N) is 1. The molecule has 0 saturated heterocycles. The fourth-order valence-corrected chi connectivity index (χ4v) is 1.67. The summed E-state index contributed by atoms with van der Waals surface area (Å²) in [6.07, 6.45) is -0.273. The molecule has 0 aromatic heterocycles. The van der Waals surface area contributed by atoms with Gasteiger partial charge in [0.05, 0.1) is 5.88 Å². The average molecular weight is 239 g/mol. The summed E-state index contributed by atoms with van der Waals surface area (Å²) in [5.74, 6) is 1.67. The predicted octanol–water partition coefficient (Wildman–Crippen LogP) is 2.97. The molecule has 88 valence electrons. The highest BCUT2D eigenvalue weighted by Gasteiger charge is 2.08. The highest BCUT2D eigenvalue weighted by Crippen LogP contribution is 2.05. The smallest absolute Gasteiger partial charge is 0.410 e. The first-order chi connectivity index (χ1) is 7.74. The van der Waals surface area contributed by atoms with Crippen molar-refractivity contribution < 1.29 is 9.53 Å². The monoisotopic (exact) mass is 239 g/mol. The largest absolute Gasteiger partial charge is 0.445 e. The molecule has 16 heavy (non-hydrogen) atoms. The number of ether oxygens (including phenoxy) is 1. The van der Waals surface area contributed by atoms with E-state index >= 15 is 0 Å². The van der Waals surface area contributed by atoms with E-state index in [1.807, 2.05) is 30.3 Å². The van der Waals surface area contributed by atoms with Crippen molar-refractivity contribution in [1.29, 1.82) is 0 Å². The molecule has 0 atom stereocenters. The normalized spacial score (nSPS) is 9.88. The van der Waals surface area contributed by atoms with Crippen molar-refractivity contribution in [3.63, 3.8) is 0 Å². The van der Waals surface area contributed by atoms with Crippen LogP contribution in [-0.2, 0) is 11.3 Å². The third kappa shape index (κ3) is 4.57. The zero-order chi connectivity index (χ0) is 11.8. The van der Waals surface area contributed by atoms with Crippen molar-refractivity contribution in [3.8, 4) is 0 Å². The van der Waals surface area contributed by atoms with Crippen LogP contribution >= 0.6 is 11.8 Å². The Morgan fingerprint density at radius 1 is 1.38 bits per heavy atom. The van der Waals surface area contributed by atoms with Gasteiger partial charge in [0.15, 0.2) is 0 Å². The summed E-state index contributed by atoms with van der Waals surface area (Å²) in [5.41, 5.74) is 1.01. The second kappa shape index (κ2) is 7.17. The van der Waals surface area contributed by atoms with Crippen LogP contribution in [0.3, 0.4) is 0 Å². The molecule has 0 fully saturated rings. The number of rotatable bonds is 5. The first kappa shape index (κ1) is 12.9. The maximum atomic E-state index is 11.5. The quantitative estimate of drug-likeness (QED) is 0.740. The molecule has 4 heteroatoms. The average Bonchev–Trinajstić information content (AvgIpc) is 2.34. The third-order valence-electron chi connectivity index (χ3n) is 2.01. The molecule has 1 aromatic carbocycles. The number of hydrogen-bond donors (Lipinski definition) is 0. The standard InChI is InChI=1S/C12H17NO2S/c1-3-16-10-13(2)12(14)15-9-11-7-5-4-6-8-11/h4-8H,3,9-10H2,1-2H3. The molecule has 0 N–H and O–H groups in total. The lowest BCUT2D eigenvalue weighted by Crippen LogP contribution is -2.27. The lowest BCUT2D eigenvalue weighted by atomic mass is 10.2. The molecule has 0 aliphatic carbocycles. The lowest BCUT2D eigenvalue weighted by molar-refractivity contribution is 0.110. The van der Waals surface area contributed by atoms with Gasteiger partial charge in [0.25, 0.3) is 0 Å². The number of hydrogen-bond acceptors (Lipinski definition) is 3. The Labute approximate surface area is 101 Å². The van der Waals surface area contributed by atoms with E-state index in [9.17, 15) is 4.79 Å². The van der Waals surface area contributed by atoms with Gasteiger partial charge in [-0.1, -0.05) is 37.3 Å². The molecular formula is C12H17NO2S. The number of thioether (sulfide) groups is 1. The maximum Gasteiger partial charge on any atom is 0.410 e. The van der Waals surface area contributed by atoms with E-state index in [1.54, 1.807) is 23.7 Å². The van der Waals surface area contributed by atoms with Gasteiger partial charge in [0.1, 0.15) is 6.61 Å². The number of carbonyl (C=O) groups is 1. The summed E-state index contributed by atoms with van der Waals surface area (Å²) in [6.45, 7) is 2.40. The second-order valence-electron chi connectivity index (χ2n) is 3.36. The first-order valence-electron chi connectivity index (χ1n) is 5.23. The third-order valence-corrected chi connectivity index (χ3v) is 2.98. The Morgan fingerprint density at radius 3 is 2.69 bits per heavy atom. The minimum Gasteiger partial charge on any atom is -0.445 e. The van der Waals surface area contributed by atoms with Crippen molar-refractivity contribution >= 4 is 17.9 Å². The van der Waals surface area contributed by atoms with Gasteiger partial charge in [0.2, 0.25) is 0 Å². The molecule has 0 unspecified atom stereocenters. The van der Waals surface area contributed by atoms with Crippen LogP contribution in [0.4, 0.5) is 4.79 Å². The number of amides is 1. The van der Waals surface area contributed by atoms with Crippen LogP contribution in [0.25, 0.3) is 0 Å². The van der Waals surface area contributed by atoms with Gasteiger partial charge in [-0.15, -0.1) is 11.8 Å². The summed E-state index contributed by atoms with van der Waals surface area (Å²) >= 11 is 1.69. The Kier molecular flexibility index (Phi) is 5.78. The summed E-state index contributed by atoms with van der Waals surface area (Å²) in [4.78, 5) is 13.1. The van der Waals surface area contributed by atoms with Crippen LogP contribution in [-0.4, -0.2) is 29.7 Å². The van der Waals surface area contributed by atoms with Gasteiger partial charge in [-0.3, -0.25) is 0 Å². The van der Waals surface area contributed by atoms with Gasteiger partial charge in [-0.2, -0.15) is 0 Å². The van der Waals surface area contributed by atoms with Gasteiger partial charge in [-0.25, -0.2) is 4.79 Å². The zero-order valence-electron chi connectivity index (χ0n) is 9.68. The summed E-state index contributed by atoms with van der Waals surface area (Å²) < 4.78 is 5.16. The summed E-state index contributed by atoms with van der Waals surface area (Å²) in [5, 5.41) is 0. The zero-order valence-corrected chi connectivity index (χ0v) is 10.5. The van der Waals surface area contributed by atoms with Crippen molar-refractivity contribution in [1.82, 2.24) is 4.90 Å². The molecular weight excluding hydrogens is 222 g/mol. The Bertz CT molecular complexity index is 316. The lowest BCUT2D eigenvalue weighted by Gasteiger charge is -2.15. The second-order valence-corrected chi connectivity index (χ2v) is 4.60. The fraction of sp³-hybridized carbons (Fsp3) is 0.417.